The minimum atomic E-state index is -1.11. The molecule has 2 aliphatic heterocycles. The number of amides is 3. The number of unbranched alkanes of at least 4 members (excludes halogenated alkanes) is 1. The number of aliphatic hydroxyl groups is 1. The number of para-hydroxylation sites is 1. The van der Waals surface area contributed by atoms with Crippen molar-refractivity contribution in [2.24, 2.45) is 16.8 Å². The van der Waals surface area contributed by atoms with Crippen LogP contribution in [0.2, 0.25) is 0 Å². The van der Waals surface area contributed by atoms with Crippen molar-refractivity contribution >= 4 is 29.2 Å². The van der Waals surface area contributed by atoms with Gasteiger partial charge in [-0.1, -0.05) is 62.9 Å². The number of benzene rings is 2. The number of rotatable bonds is 9. The van der Waals surface area contributed by atoms with E-state index >= 15 is 0 Å². The van der Waals surface area contributed by atoms with Crippen LogP contribution in [0.3, 0.4) is 0 Å². The number of aliphatic hydroxyl groups excluding tert-OH is 1. The fourth-order valence-electron chi connectivity index (χ4n) is 5.74. The lowest BCUT2D eigenvalue weighted by Gasteiger charge is -2.37. The zero-order valence-corrected chi connectivity index (χ0v) is 24.0. The molecule has 0 spiro atoms. The van der Waals surface area contributed by atoms with Crippen molar-refractivity contribution in [2.45, 2.75) is 57.7 Å². The van der Waals surface area contributed by atoms with E-state index in [2.05, 4.69) is 17.1 Å². The molecule has 1 aliphatic carbocycles. The molecule has 1 unspecified atom stereocenters. The summed E-state index contributed by atoms with van der Waals surface area (Å²) >= 11 is 0. The smallest absolute Gasteiger partial charge is 0.272 e. The molecule has 0 radical (unpaired) electrons. The van der Waals surface area contributed by atoms with Gasteiger partial charge in [0.2, 0.25) is 12.1 Å². The van der Waals surface area contributed by atoms with Crippen molar-refractivity contribution in [1.29, 1.82) is 0 Å². The average molecular weight is 560 g/mol. The number of piperazine rings is 1. The fraction of sp³-hybridized carbons (Fsp3) is 0.500. The van der Waals surface area contributed by atoms with Crippen molar-refractivity contribution in [2.75, 3.05) is 38.1 Å². The number of benzodiazepines with no additional fused rings is 1. The summed E-state index contributed by atoms with van der Waals surface area (Å²) in [5.74, 6) is -0.138. The normalized spacial score (nSPS) is 20.6. The quantitative estimate of drug-likeness (QED) is 0.491. The molecule has 0 aromatic heterocycles. The molecule has 2 fully saturated rings. The summed E-state index contributed by atoms with van der Waals surface area (Å²) in [5.41, 5.74) is 2.18. The first-order chi connectivity index (χ1) is 19.9. The Morgan fingerprint density at radius 2 is 1.71 bits per heavy atom. The second-order valence-corrected chi connectivity index (χ2v) is 11.4. The van der Waals surface area contributed by atoms with Gasteiger partial charge in [0, 0.05) is 44.4 Å². The summed E-state index contributed by atoms with van der Waals surface area (Å²) in [6.07, 6.45) is 3.27. The van der Waals surface area contributed by atoms with Crippen LogP contribution in [0, 0.1) is 11.8 Å². The van der Waals surface area contributed by atoms with Gasteiger partial charge in [0.05, 0.1) is 17.7 Å². The molecule has 3 aliphatic rings. The number of nitrogens with one attached hydrogen (secondary N) is 1. The maximum atomic E-state index is 13.6. The molecular formula is C32H41N5O4. The highest BCUT2D eigenvalue weighted by Crippen LogP contribution is 2.37. The van der Waals surface area contributed by atoms with Crippen LogP contribution in [0.25, 0.3) is 0 Å². The van der Waals surface area contributed by atoms with Gasteiger partial charge in [0.15, 0.2) is 0 Å². The third-order valence-corrected chi connectivity index (χ3v) is 8.43. The Morgan fingerprint density at radius 3 is 2.39 bits per heavy atom. The van der Waals surface area contributed by atoms with Crippen molar-refractivity contribution in [3.05, 3.63) is 65.7 Å². The summed E-state index contributed by atoms with van der Waals surface area (Å²) in [5, 5.41) is 13.8. The van der Waals surface area contributed by atoms with Gasteiger partial charge in [0.1, 0.15) is 5.84 Å². The van der Waals surface area contributed by atoms with E-state index in [0.29, 0.717) is 62.0 Å². The number of hydrogen-bond acceptors (Lipinski definition) is 6. The minimum absolute atomic E-state index is 0.00292. The summed E-state index contributed by atoms with van der Waals surface area (Å²) in [7, 11) is 1.70. The Bertz CT molecular complexity index is 1270. The second kappa shape index (κ2) is 12.9. The van der Waals surface area contributed by atoms with E-state index < -0.39 is 18.2 Å². The topological polar surface area (TPSA) is 106 Å². The Hall–Kier alpha value is -3.72. The van der Waals surface area contributed by atoms with Crippen LogP contribution in [0.5, 0.6) is 0 Å². The summed E-state index contributed by atoms with van der Waals surface area (Å²) in [6, 6.07) is 16.9. The Balaban J connectivity index is 1.37. The van der Waals surface area contributed by atoms with Crippen LogP contribution in [0.1, 0.15) is 61.4 Å². The largest absolute Gasteiger partial charge is 0.392 e. The summed E-state index contributed by atoms with van der Waals surface area (Å²) in [4.78, 5) is 50.6. The number of carbonyl (C=O) groups excluding carboxylic acids is 3. The van der Waals surface area contributed by atoms with Gasteiger partial charge in [-0.15, -0.1) is 0 Å². The van der Waals surface area contributed by atoms with Crippen molar-refractivity contribution < 1.29 is 19.5 Å². The number of hydrogen-bond donors (Lipinski definition) is 2. The molecule has 3 amide bonds. The molecule has 0 bridgehead atoms. The third kappa shape index (κ3) is 6.62. The monoisotopic (exact) mass is 559 g/mol. The molecule has 41 heavy (non-hydrogen) atoms. The zero-order valence-electron chi connectivity index (χ0n) is 24.0. The summed E-state index contributed by atoms with van der Waals surface area (Å²) < 4.78 is 0. The molecule has 2 heterocycles. The van der Waals surface area contributed by atoms with E-state index in [0.717, 1.165) is 31.2 Å². The van der Waals surface area contributed by atoms with Gasteiger partial charge in [0.25, 0.3) is 11.8 Å². The van der Waals surface area contributed by atoms with Crippen LogP contribution >= 0.6 is 0 Å². The number of fused-ring (bicyclic) bond motifs is 1. The molecule has 5 rings (SSSR count). The van der Waals surface area contributed by atoms with E-state index in [4.69, 9.17) is 4.99 Å². The van der Waals surface area contributed by atoms with Gasteiger partial charge < -0.3 is 25.1 Å². The van der Waals surface area contributed by atoms with Crippen LogP contribution in [-0.4, -0.2) is 84.0 Å². The van der Waals surface area contributed by atoms with Gasteiger partial charge in [-0.3, -0.25) is 14.4 Å². The fourth-order valence-corrected chi connectivity index (χ4v) is 5.74. The Kier molecular flexibility index (Phi) is 9.03. The zero-order chi connectivity index (χ0) is 28.9. The highest BCUT2D eigenvalue weighted by Gasteiger charge is 2.38. The first-order valence-electron chi connectivity index (χ1n) is 14.9. The average Bonchev–Trinajstić information content (AvgIpc) is 3.85. The summed E-state index contributed by atoms with van der Waals surface area (Å²) in [6.45, 7) is 4.19. The van der Waals surface area contributed by atoms with E-state index in [-0.39, 0.29) is 17.7 Å². The first-order valence-corrected chi connectivity index (χ1v) is 14.9. The van der Waals surface area contributed by atoms with E-state index in [1.807, 2.05) is 59.5 Å². The molecule has 9 nitrogen and oxygen atoms in total. The van der Waals surface area contributed by atoms with Crippen LogP contribution in [-0.2, 0) is 9.59 Å². The molecule has 1 saturated heterocycles. The number of anilines is 1. The predicted molar refractivity (Wildman–Crippen MR) is 159 cm³/mol. The van der Waals surface area contributed by atoms with Crippen LogP contribution in [0.15, 0.2) is 59.6 Å². The number of aliphatic imine (C=N–C) groups is 1. The van der Waals surface area contributed by atoms with Gasteiger partial charge >= 0.3 is 0 Å². The van der Waals surface area contributed by atoms with Gasteiger partial charge in [-0.2, -0.15) is 0 Å². The number of amidine groups is 1. The molecule has 9 heteroatoms. The standard InChI is InChI=1S/C32H41N5O4/c1-3-4-14-27(38)25(21-22-15-16-22)30(39)34-28-32(41)35(2)26-13-9-8-12-24(26)29(33-28)36-17-19-37(20-18-36)31(40)23-10-6-5-7-11-23/h5-13,22,25,27-28,38H,3-4,14-21H2,1-2H3,(H,34,39)/t25-,27+,28?/m1/s1. The maximum Gasteiger partial charge on any atom is 0.272 e. The van der Waals surface area contributed by atoms with Crippen LogP contribution < -0.4 is 10.2 Å². The molecular weight excluding hydrogens is 518 g/mol. The number of likely N-dealkylation sites (N-methyl/N-ethyl adjacent to an activating group) is 1. The van der Waals surface area contributed by atoms with E-state index in [9.17, 15) is 19.5 Å². The predicted octanol–water partition coefficient (Wildman–Crippen LogP) is 3.28. The SMILES string of the molecule is CCCC[C@H](O)[C@@H](CC1CC1)C(=O)NC1N=C(N2CCN(C(=O)c3ccccc3)CC2)c2ccccc2N(C)C1=O. The Labute approximate surface area is 242 Å². The molecule has 218 valence electrons. The lowest BCUT2D eigenvalue weighted by Crippen LogP contribution is -2.52. The third-order valence-electron chi connectivity index (χ3n) is 8.43. The van der Waals surface area contributed by atoms with Crippen molar-refractivity contribution in [3.8, 4) is 0 Å². The number of carbonyl (C=O) groups is 3. The molecule has 2 aromatic rings. The molecule has 2 aromatic carbocycles. The lowest BCUT2D eigenvalue weighted by atomic mass is 9.91. The highest BCUT2D eigenvalue weighted by atomic mass is 16.3. The number of nitrogens with zero attached hydrogens (tertiary/aromatic N) is 4. The molecule has 2 N–H and O–H groups in total. The van der Waals surface area contributed by atoms with Crippen LogP contribution in [0.4, 0.5) is 5.69 Å². The van der Waals surface area contributed by atoms with E-state index in [1.165, 1.54) is 0 Å². The van der Waals surface area contributed by atoms with Gasteiger partial charge in [-0.25, -0.2) is 4.99 Å². The first kappa shape index (κ1) is 28.8. The van der Waals surface area contributed by atoms with Crippen molar-refractivity contribution in [3.63, 3.8) is 0 Å². The molecule has 1 saturated carbocycles. The second-order valence-electron chi connectivity index (χ2n) is 11.4. The van der Waals surface area contributed by atoms with E-state index in [1.54, 1.807) is 11.9 Å². The Morgan fingerprint density at radius 1 is 1.02 bits per heavy atom. The van der Waals surface area contributed by atoms with Crippen molar-refractivity contribution in [1.82, 2.24) is 15.1 Å². The highest BCUT2D eigenvalue weighted by molar-refractivity contribution is 6.12. The van der Waals surface area contributed by atoms with Gasteiger partial charge in [-0.05, 0) is 43.0 Å². The minimum Gasteiger partial charge on any atom is -0.392 e. The maximum absolute atomic E-state index is 13.6. The lowest BCUT2D eigenvalue weighted by molar-refractivity contribution is -0.133. The molecule has 3 atom stereocenters.